The molecular formula is C31H40N4O4S. The Bertz CT molecular complexity index is 1390. The van der Waals surface area contributed by atoms with Gasteiger partial charge in [0.1, 0.15) is 23.9 Å². The number of hydrogen-bond acceptors (Lipinski definition) is 6. The molecule has 40 heavy (non-hydrogen) atoms. The number of nitrogens with zero attached hydrogens (tertiary/aromatic N) is 3. The second kappa shape index (κ2) is 12.0. The fraction of sp³-hybridized carbons (Fsp3) is 0.452. The molecule has 2 amide bonds. The molecule has 1 N–H and O–H groups in total. The van der Waals surface area contributed by atoms with Crippen molar-refractivity contribution in [3.05, 3.63) is 64.8 Å². The molecule has 0 saturated carbocycles. The zero-order chi connectivity index (χ0) is 29.2. The maximum atomic E-state index is 13.9. The van der Waals surface area contributed by atoms with E-state index in [9.17, 15) is 9.59 Å². The maximum absolute atomic E-state index is 13.9. The first-order chi connectivity index (χ1) is 19.0. The van der Waals surface area contributed by atoms with Gasteiger partial charge in [-0.05, 0) is 50.1 Å². The number of hydrogen-bond donors (Lipinski definition) is 1. The summed E-state index contributed by atoms with van der Waals surface area (Å²) < 4.78 is 13.2. The number of carbonyl (C=O) groups excluding carboxylic acids is 2. The van der Waals surface area contributed by atoms with Crippen molar-refractivity contribution >= 4 is 29.4 Å². The Kier molecular flexibility index (Phi) is 8.83. The quantitative estimate of drug-likeness (QED) is 0.385. The van der Waals surface area contributed by atoms with Crippen molar-refractivity contribution in [2.45, 2.75) is 64.7 Å². The van der Waals surface area contributed by atoms with E-state index in [1.54, 1.807) is 19.1 Å². The number of ether oxygens (including phenoxy) is 2. The standard InChI is InChI=1S/C31H40N4O4S/c1-9-20(3)32-25(36)17-34-26(37)18-40-28(22-16-21(38-7)14-15-24(22)39-8)27-29(31(4,5)6)33-35(30(27)34)23-13-11-10-12-19(23)2/h10-16,20,28H,9,17-18H2,1-8H3,(H,32,36)/t20-,28-/m1/s1. The van der Waals surface area contributed by atoms with E-state index in [1.807, 2.05) is 67.9 Å². The Balaban J connectivity index is 2.05. The summed E-state index contributed by atoms with van der Waals surface area (Å²) in [5.74, 6) is 1.85. The van der Waals surface area contributed by atoms with Crippen molar-refractivity contribution in [2.24, 2.45) is 0 Å². The molecule has 0 spiro atoms. The summed E-state index contributed by atoms with van der Waals surface area (Å²) in [6.07, 6.45) is 0.799. The van der Waals surface area contributed by atoms with Crippen molar-refractivity contribution in [3.63, 3.8) is 0 Å². The van der Waals surface area contributed by atoms with E-state index in [1.165, 1.54) is 11.8 Å². The molecule has 9 heteroatoms. The van der Waals surface area contributed by atoms with Gasteiger partial charge in [-0.1, -0.05) is 45.9 Å². The third-order valence-corrected chi connectivity index (χ3v) is 8.42. The first kappa shape index (κ1) is 29.5. The van der Waals surface area contributed by atoms with Gasteiger partial charge >= 0.3 is 0 Å². The van der Waals surface area contributed by atoms with Gasteiger partial charge in [-0.15, -0.1) is 11.8 Å². The van der Waals surface area contributed by atoms with Crippen molar-refractivity contribution in [1.29, 1.82) is 0 Å². The van der Waals surface area contributed by atoms with Crippen LogP contribution in [0.3, 0.4) is 0 Å². The van der Waals surface area contributed by atoms with E-state index < -0.39 is 0 Å². The van der Waals surface area contributed by atoms with Crippen LogP contribution >= 0.6 is 11.8 Å². The van der Waals surface area contributed by atoms with Crippen molar-refractivity contribution in [1.82, 2.24) is 15.1 Å². The van der Waals surface area contributed by atoms with Gasteiger partial charge in [0, 0.05) is 22.6 Å². The molecule has 8 nitrogen and oxygen atoms in total. The van der Waals surface area contributed by atoms with Crippen LogP contribution in [-0.2, 0) is 15.0 Å². The highest BCUT2D eigenvalue weighted by atomic mass is 32.2. The minimum absolute atomic E-state index is 0.00336. The molecule has 3 aromatic rings. The second-order valence-electron chi connectivity index (χ2n) is 11.2. The fourth-order valence-electron chi connectivity index (χ4n) is 4.90. The van der Waals surface area contributed by atoms with Gasteiger partial charge in [-0.3, -0.25) is 14.5 Å². The topological polar surface area (TPSA) is 85.7 Å². The normalized spacial score (nSPS) is 16.2. The molecule has 2 aromatic carbocycles. The lowest BCUT2D eigenvalue weighted by Crippen LogP contribution is -2.44. The van der Waals surface area contributed by atoms with E-state index in [4.69, 9.17) is 14.6 Å². The number of amides is 2. The summed E-state index contributed by atoms with van der Waals surface area (Å²) in [5.41, 5.74) is 4.15. The Morgan fingerprint density at radius 3 is 2.52 bits per heavy atom. The number of thioether (sulfide) groups is 1. The number of nitrogens with one attached hydrogen (secondary N) is 1. The lowest BCUT2D eigenvalue weighted by molar-refractivity contribution is -0.123. The SMILES string of the molecule is CC[C@@H](C)NC(=O)CN1C(=O)CS[C@H](c2cc(OC)ccc2OC)c2c(C(C)(C)C)nn(-c3ccccc3C)c21. The van der Waals surface area contributed by atoms with Crippen LogP contribution in [0.5, 0.6) is 11.5 Å². The smallest absolute Gasteiger partial charge is 0.240 e. The predicted molar refractivity (Wildman–Crippen MR) is 161 cm³/mol. The van der Waals surface area contributed by atoms with Crippen LogP contribution in [0.4, 0.5) is 5.82 Å². The molecule has 1 aliphatic heterocycles. The van der Waals surface area contributed by atoms with Crippen LogP contribution < -0.4 is 19.7 Å². The first-order valence-corrected chi connectivity index (χ1v) is 14.7. The number of aryl methyl sites for hydroxylation is 1. The lowest BCUT2D eigenvalue weighted by atomic mass is 9.87. The summed E-state index contributed by atoms with van der Waals surface area (Å²) in [5, 5.41) is 7.92. The van der Waals surface area contributed by atoms with E-state index in [0.717, 1.165) is 34.5 Å². The summed E-state index contributed by atoms with van der Waals surface area (Å²) in [6.45, 7) is 12.3. The molecule has 0 bridgehead atoms. The zero-order valence-corrected chi connectivity index (χ0v) is 25.5. The average molecular weight is 565 g/mol. The van der Waals surface area contributed by atoms with Gasteiger partial charge in [0.15, 0.2) is 0 Å². The monoisotopic (exact) mass is 564 g/mol. The third-order valence-electron chi connectivity index (χ3n) is 7.18. The Morgan fingerprint density at radius 2 is 1.90 bits per heavy atom. The number of rotatable bonds is 8. The predicted octanol–water partition coefficient (Wildman–Crippen LogP) is 5.58. The van der Waals surface area contributed by atoms with Gasteiger partial charge in [-0.25, -0.2) is 4.68 Å². The summed E-state index contributed by atoms with van der Waals surface area (Å²) >= 11 is 1.52. The molecule has 0 fully saturated rings. The molecule has 0 aliphatic carbocycles. The molecule has 214 valence electrons. The highest BCUT2D eigenvalue weighted by molar-refractivity contribution is 8.00. The second-order valence-corrected chi connectivity index (χ2v) is 12.3. The molecule has 1 aliphatic rings. The molecule has 4 rings (SSSR count). The Morgan fingerprint density at radius 1 is 1.18 bits per heavy atom. The number of benzene rings is 2. The van der Waals surface area contributed by atoms with Crippen LogP contribution in [0.1, 0.15) is 68.7 Å². The molecule has 2 heterocycles. The highest BCUT2D eigenvalue weighted by Gasteiger charge is 2.41. The summed E-state index contributed by atoms with van der Waals surface area (Å²) in [7, 11) is 3.28. The number of aromatic nitrogens is 2. The number of fused-ring (bicyclic) bond motifs is 1. The zero-order valence-electron chi connectivity index (χ0n) is 24.7. The van der Waals surface area contributed by atoms with Gasteiger partial charge in [0.05, 0.1) is 36.6 Å². The molecular weight excluding hydrogens is 524 g/mol. The minimum Gasteiger partial charge on any atom is -0.497 e. The Labute approximate surface area is 241 Å². The van der Waals surface area contributed by atoms with Crippen LogP contribution in [-0.4, -0.2) is 54.2 Å². The van der Waals surface area contributed by atoms with E-state index in [-0.39, 0.29) is 40.8 Å². The summed E-state index contributed by atoms with van der Waals surface area (Å²) in [4.78, 5) is 28.7. The van der Waals surface area contributed by atoms with Crippen LogP contribution in [0.25, 0.3) is 5.69 Å². The van der Waals surface area contributed by atoms with E-state index >= 15 is 0 Å². The third kappa shape index (κ3) is 5.84. The molecule has 2 atom stereocenters. The number of para-hydroxylation sites is 1. The van der Waals surface area contributed by atoms with Gasteiger partial charge in [-0.2, -0.15) is 5.10 Å². The van der Waals surface area contributed by atoms with Crippen molar-refractivity contribution in [2.75, 3.05) is 31.4 Å². The average Bonchev–Trinajstić information content (AvgIpc) is 3.26. The van der Waals surface area contributed by atoms with Gasteiger partial charge < -0.3 is 14.8 Å². The highest BCUT2D eigenvalue weighted by Crippen LogP contribution is 2.51. The minimum atomic E-state index is -0.360. The van der Waals surface area contributed by atoms with Crippen LogP contribution in [0.2, 0.25) is 0 Å². The van der Waals surface area contributed by atoms with Gasteiger partial charge in [0.2, 0.25) is 11.8 Å². The molecule has 1 aromatic heterocycles. The van der Waals surface area contributed by atoms with Gasteiger partial charge in [0.25, 0.3) is 0 Å². The number of carbonyl (C=O) groups is 2. The van der Waals surface area contributed by atoms with Crippen LogP contribution in [0, 0.1) is 6.92 Å². The van der Waals surface area contributed by atoms with E-state index in [0.29, 0.717) is 17.3 Å². The largest absolute Gasteiger partial charge is 0.497 e. The van der Waals surface area contributed by atoms with Crippen LogP contribution in [0.15, 0.2) is 42.5 Å². The van der Waals surface area contributed by atoms with E-state index in [2.05, 4.69) is 26.1 Å². The number of anilines is 1. The molecule has 0 saturated heterocycles. The van der Waals surface area contributed by atoms with Crippen molar-refractivity contribution in [3.8, 4) is 17.2 Å². The number of methoxy groups -OCH3 is 2. The maximum Gasteiger partial charge on any atom is 0.240 e. The summed E-state index contributed by atoms with van der Waals surface area (Å²) in [6, 6.07) is 13.7. The first-order valence-electron chi connectivity index (χ1n) is 13.6. The Hall–Kier alpha value is -3.46. The fourth-order valence-corrected chi connectivity index (χ4v) is 6.11. The molecule has 0 unspecified atom stereocenters. The van der Waals surface area contributed by atoms with Crippen molar-refractivity contribution < 1.29 is 19.1 Å². The molecule has 0 radical (unpaired) electrons. The lowest BCUT2D eigenvalue weighted by Gasteiger charge is -2.26.